The summed E-state index contributed by atoms with van der Waals surface area (Å²) in [6, 6.07) is 16.9. The van der Waals surface area contributed by atoms with Gasteiger partial charge in [-0.15, -0.1) is 5.10 Å². The van der Waals surface area contributed by atoms with Crippen LogP contribution in [0.4, 0.5) is 17.6 Å². The van der Waals surface area contributed by atoms with Crippen LogP contribution in [-0.4, -0.2) is 35.2 Å². The number of nitrogen functional groups attached to an aromatic ring is 1. The lowest BCUT2D eigenvalue weighted by Gasteiger charge is -2.15. The molecule has 28 heavy (non-hydrogen) atoms. The van der Waals surface area contributed by atoms with Gasteiger partial charge in [-0.3, -0.25) is 0 Å². The van der Waals surface area contributed by atoms with Crippen molar-refractivity contribution >= 4 is 17.6 Å². The highest BCUT2D eigenvalue weighted by molar-refractivity contribution is 5.53. The zero-order chi connectivity index (χ0) is 19.3. The Morgan fingerprint density at radius 1 is 1.00 bits per heavy atom. The molecule has 0 aliphatic rings. The van der Waals surface area contributed by atoms with Crippen LogP contribution >= 0.6 is 0 Å². The quantitative estimate of drug-likeness (QED) is 0.521. The van der Waals surface area contributed by atoms with Crippen molar-refractivity contribution < 1.29 is 4.74 Å². The van der Waals surface area contributed by atoms with Crippen molar-refractivity contribution in [3.63, 3.8) is 0 Å². The van der Waals surface area contributed by atoms with E-state index in [1.54, 1.807) is 4.68 Å². The average molecular weight is 375 g/mol. The number of aromatic nitrogens is 7. The second-order valence-corrected chi connectivity index (χ2v) is 5.87. The van der Waals surface area contributed by atoms with E-state index in [2.05, 4.69) is 35.8 Å². The average Bonchev–Trinajstić information content (AvgIpc) is 3.24. The molecule has 0 radical (unpaired) electrons. The van der Waals surface area contributed by atoms with E-state index in [0.717, 1.165) is 11.4 Å². The Kier molecular flexibility index (Phi) is 4.74. The van der Waals surface area contributed by atoms with E-state index in [9.17, 15) is 0 Å². The number of para-hydroxylation sites is 1. The second kappa shape index (κ2) is 7.66. The molecule has 0 aliphatic carbocycles. The van der Waals surface area contributed by atoms with E-state index in [4.69, 9.17) is 10.5 Å². The topological polar surface area (TPSA) is 130 Å². The number of benzene rings is 2. The maximum atomic E-state index is 5.94. The maximum Gasteiger partial charge on any atom is 0.232 e. The van der Waals surface area contributed by atoms with Crippen molar-refractivity contribution in [3.8, 4) is 11.4 Å². The summed E-state index contributed by atoms with van der Waals surface area (Å²) >= 11 is 0. The van der Waals surface area contributed by atoms with E-state index in [-0.39, 0.29) is 5.95 Å². The predicted octanol–water partition coefficient (Wildman–Crippen LogP) is 2.31. The van der Waals surface area contributed by atoms with Crippen LogP contribution in [0.5, 0.6) is 5.75 Å². The van der Waals surface area contributed by atoms with Crippen LogP contribution in [0.2, 0.25) is 0 Å². The van der Waals surface area contributed by atoms with Crippen LogP contribution in [0.25, 0.3) is 5.69 Å². The predicted molar refractivity (Wildman–Crippen MR) is 102 cm³/mol. The Morgan fingerprint density at radius 3 is 2.50 bits per heavy atom. The summed E-state index contributed by atoms with van der Waals surface area (Å²) in [5.41, 5.74) is 7.51. The molecule has 0 fully saturated rings. The van der Waals surface area contributed by atoms with Crippen LogP contribution in [0.1, 0.15) is 18.9 Å². The third kappa shape index (κ3) is 4.01. The van der Waals surface area contributed by atoms with Crippen LogP contribution in [0.3, 0.4) is 0 Å². The molecule has 10 nitrogen and oxygen atoms in total. The third-order valence-corrected chi connectivity index (χ3v) is 3.83. The van der Waals surface area contributed by atoms with E-state index in [1.807, 2.05) is 61.5 Å². The normalized spacial score (nSPS) is 11.8. The summed E-state index contributed by atoms with van der Waals surface area (Å²) in [5.74, 6) is 1.56. The van der Waals surface area contributed by atoms with Gasteiger partial charge in [0.15, 0.2) is 11.9 Å². The van der Waals surface area contributed by atoms with E-state index >= 15 is 0 Å². The van der Waals surface area contributed by atoms with Gasteiger partial charge < -0.3 is 15.8 Å². The molecule has 0 aliphatic heterocycles. The van der Waals surface area contributed by atoms with Gasteiger partial charge in [-0.05, 0) is 53.7 Å². The van der Waals surface area contributed by atoms with Crippen molar-refractivity contribution in [1.29, 1.82) is 0 Å². The van der Waals surface area contributed by atoms with Crippen LogP contribution < -0.4 is 15.8 Å². The fourth-order valence-electron chi connectivity index (χ4n) is 2.51. The van der Waals surface area contributed by atoms with Gasteiger partial charge in [0.25, 0.3) is 0 Å². The lowest BCUT2D eigenvalue weighted by atomic mass is 10.3. The highest BCUT2D eigenvalue weighted by atomic mass is 16.5. The van der Waals surface area contributed by atoms with Gasteiger partial charge in [0.1, 0.15) is 12.1 Å². The number of hydrogen-bond donors (Lipinski definition) is 2. The van der Waals surface area contributed by atoms with Gasteiger partial charge >= 0.3 is 0 Å². The Bertz CT molecular complexity index is 1040. The van der Waals surface area contributed by atoms with Gasteiger partial charge in [0, 0.05) is 5.69 Å². The van der Waals surface area contributed by atoms with Crippen molar-refractivity contribution in [2.45, 2.75) is 13.0 Å². The highest BCUT2D eigenvalue weighted by Gasteiger charge is 2.14. The van der Waals surface area contributed by atoms with Crippen molar-refractivity contribution in [1.82, 2.24) is 35.2 Å². The zero-order valence-electron chi connectivity index (χ0n) is 15.0. The Morgan fingerprint density at radius 2 is 1.79 bits per heavy atom. The number of anilines is 3. The minimum atomic E-state index is -0.430. The number of nitrogens with zero attached hydrogens (tertiary/aromatic N) is 7. The summed E-state index contributed by atoms with van der Waals surface area (Å²) in [4.78, 5) is 12.7. The van der Waals surface area contributed by atoms with Gasteiger partial charge in [-0.2, -0.15) is 15.0 Å². The van der Waals surface area contributed by atoms with Crippen molar-refractivity contribution in [2.75, 3.05) is 11.1 Å². The number of rotatable bonds is 6. The molecule has 2 aromatic heterocycles. The van der Waals surface area contributed by atoms with Gasteiger partial charge in [0.05, 0.1) is 5.69 Å². The zero-order valence-corrected chi connectivity index (χ0v) is 15.0. The van der Waals surface area contributed by atoms with Gasteiger partial charge in [-0.25, -0.2) is 4.68 Å². The minimum absolute atomic E-state index is 0.118. The molecule has 4 aromatic rings. The molecule has 2 aromatic carbocycles. The monoisotopic (exact) mass is 375 g/mol. The number of nitrogens with one attached hydrogen (secondary N) is 1. The molecular weight excluding hydrogens is 358 g/mol. The molecule has 0 saturated heterocycles. The fourth-order valence-corrected chi connectivity index (χ4v) is 2.51. The Labute approximate surface area is 160 Å². The van der Waals surface area contributed by atoms with Crippen molar-refractivity contribution in [3.05, 3.63) is 66.7 Å². The largest absolute Gasteiger partial charge is 0.483 e. The first-order valence-corrected chi connectivity index (χ1v) is 8.51. The molecule has 4 rings (SSSR count). The lowest BCUT2D eigenvalue weighted by molar-refractivity contribution is 0.216. The standard InChI is InChI=1S/C18H17N9O/c1-12(28-15-9-7-14(8-10-15)27-11-20-25-26-27)16-22-17(19)24-18(23-16)21-13-5-3-2-4-6-13/h2-12H,1H3,(H3,19,21,22,23,24)/t12-/m1/s1. The molecule has 3 N–H and O–H groups in total. The number of hydrogen-bond acceptors (Lipinski definition) is 9. The molecule has 0 amide bonds. The maximum absolute atomic E-state index is 5.94. The first-order valence-electron chi connectivity index (χ1n) is 8.51. The van der Waals surface area contributed by atoms with Gasteiger partial charge in [0.2, 0.25) is 11.9 Å². The number of ether oxygens (including phenoxy) is 1. The molecule has 2 heterocycles. The van der Waals surface area contributed by atoms with Crippen LogP contribution in [0, 0.1) is 0 Å². The molecule has 0 bridgehead atoms. The molecular formula is C18H17N9O. The van der Waals surface area contributed by atoms with Crippen molar-refractivity contribution in [2.24, 2.45) is 0 Å². The number of nitrogens with two attached hydrogens (primary N) is 1. The fraction of sp³-hybridized carbons (Fsp3) is 0.111. The molecule has 140 valence electrons. The molecule has 0 spiro atoms. The highest BCUT2D eigenvalue weighted by Crippen LogP contribution is 2.22. The Hall–Kier alpha value is -4.08. The van der Waals surface area contributed by atoms with Crippen LogP contribution in [-0.2, 0) is 0 Å². The first kappa shape index (κ1) is 17.3. The molecule has 0 unspecified atom stereocenters. The smallest absolute Gasteiger partial charge is 0.232 e. The molecule has 10 heteroatoms. The summed E-state index contributed by atoms with van der Waals surface area (Å²) in [7, 11) is 0. The van der Waals surface area contributed by atoms with E-state index in [1.165, 1.54) is 6.33 Å². The number of tetrazole rings is 1. The second-order valence-electron chi connectivity index (χ2n) is 5.87. The minimum Gasteiger partial charge on any atom is -0.483 e. The van der Waals surface area contributed by atoms with Gasteiger partial charge in [-0.1, -0.05) is 18.2 Å². The summed E-state index contributed by atoms with van der Waals surface area (Å²) in [6.07, 6.45) is 1.09. The van der Waals surface area contributed by atoms with Crippen LogP contribution in [0.15, 0.2) is 60.9 Å². The summed E-state index contributed by atoms with van der Waals surface area (Å²) in [5, 5.41) is 14.2. The molecule has 1 atom stereocenters. The Balaban J connectivity index is 1.49. The first-order chi connectivity index (χ1) is 13.7. The lowest BCUT2D eigenvalue weighted by Crippen LogP contribution is -2.13. The van der Waals surface area contributed by atoms with E-state index in [0.29, 0.717) is 17.5 Å². The third-order valence-electron chi connectivity index (χ3n) is 3.83. The summed E-state index contributed by atoms with van der Waals surface area (Å²) in [6.45, 7) is 1.84. The molecule has 0 saturated carbocycles. The van der Waals surface area contributed by atoms with E-state index < -0.39 is 6.10 Å². The summed E-state index contributed by atoms with van der Waals surface area (Å²) < 4.78 is 7.49. The SMILES string of the molecule is C[C@@H](Oc1ccc(-n2cnnn2)cc1)c1nc(N)nc(Nc2ccccc2)n1.